The molecule has 12 heteroatoms. The molecule has 326 valence electrons. The van der Waals surface area contributed by atoms with Gasteiger partial charge in [0.1, 0.15) is 23.0 Å². The normalized spacial score (nSPS) is 13.0. The Morgan fingerprint density at radius 2 is 0.986 bits per heavy atom. The number of aryl methyl sites for hydroxylation is 2. The Kier molecular flexibility index (Phi) is 9.50. The topological polar surface area (TPSA) is 63.8 Å². The van der Waals surface area contributed by atoms with Gasteiger partial charge in [0.2, 0.25) is 19.8 Å². The first-order valence-corrected chi connectivity index (χ1v) is 22.0. The van der Waals surface area contributed by atoms with Crippen LogP contribution in [0, 0.1) is 56.0 Å². The van der Waals surface area contributed by atoms with Gasteiger partial charge in [-0.3, -0.25) is 0 Å². The van der Waals surface area contributed by atoms with Crippen molar-refractivity contribution in [2.24, 2.45) is 7.05 Å². The summed E-state index contributed by atoms with van der Waals surface area (Å²) >= 11 is 0. The first-order valence-electron chi connectivity index (χ1n) is 22.0. The van der Waals surface area contributed by atoms with E-state index in [1.165, 1.54) is 0 Å². The van der Waals surface area contributed by atoms with Crippen molar-refractivity contribution in [3.8, 4) is 79.8 Å². The van der Waals surface area contributed by atoms with E-state index >= 15 is 0 Å². The summed E-state index contributed by atoms with van der Waals surface area (Å²) in [5.41, 5.74) is 13.4. The number of benzene rings is 8. The molecule has 8 aromatic carbocycles. The van der Waals surface area contributed by atoms with Crippen LogP contribution in [0.2, 0.25) is 0 Å². The number of furan rings is 1. The van der Waals surface area contributed by atoms with Gasteiger partial charge in [-0.2, -0.15) is 29.3 Å². The van der Waals surface area contributed by atoms with Crippen LogP contribution >= 0.6 is 0 Å². The molecule has 0 N–H and O–H groups in total. The monoisotopic (exact) mass is 1250 g/mol. The summed E-state index contributed by atoms with van der Waals surface area (Å²) in [6, 6.07) is 62.8. The molecule has 0 unspecified atom stereocenters. The van der Waals surface area contributed by atoms with Crippen LogP contribution < -0.4 is 56.3 Å². The van der Waals surface area contributed by atoms with Crippen LogP contribution in [-0.2, 0) is 49.2 Å². The number of rotatable bonds is 4. The second-order valence-corrected chi connectivity index (χ2v) is 17.3. The molecule has 0 amide bonds. The first kappa shape index (κ1) is 41.9. The Morgan fingerprint density at radius 1 is 0.478 bits per heavy atom. The molecule has 4 aliphatic rings. The minimum Gasteiger partial charge on any atom is -0.631 e. The van der Waals surface area contributed by atoms with Crippen LogP contribution in [0.3, 0.4) is 0 Å². The molecular weight excluding hydrogens is 1220 g/mol. The van der Waals surface area contributed by atoms with Crippen LogP contribution in [0.4, 0.5) is 0 Å². The van der Waals surface area contributed by atoms with E-state index in [1.807, 2.05) is 119 Å². The summed E-state index contributed by atoms with van der Waals surface area (Å²) < 4.78 is 38.5. The van der Waals surface area contributed by atoms with Gasteiger partial charge in [-0.05, 0) is 24.3 Å². The third-order valence-electron chi connectivity index (χ3n) is 13.4. The summed E-state index contributed by atoms with van der Waals surface area (Å²) in [7, 11) is 2.00. The average Bonchev–Trinajstić information content (AvgIpc) is 4.09. The molecule has 3 aromatic heterocycles. The number of hydrogen-bond donors (Lipinski definition) is 0. The van der Waals surface area contributed by atoms with Gasteiger partial charge in [-0.1, -0.05) is 84.7 Å². The predicted octanol–water partition coefficient (Wildman–Crippen LogP) is 7.49. The Bertz CT molecular complexity index is 3690. The molecule has 0 saturated heterocycles. The van der Waals surface area contributed by atoms with Crippen molar-refractivity contribution in [1.82, 2.24) is 9.13 Å². The van der Waals surface area contributed by atoms with Crippen LogP contribution in [0.15, 0.2) is 138 Å². The SMILES string of the molecule is Cc1[c-]n(-c2[c-]c3c(cc2)Oc2cccc4c2B3c2[c-]c(-c3[c-]oc(-c5[c-]c6c(cc5)Oc5cccc7c5B6c5[c-]c(-n6[c-][n+](C)c8ccccc86)ccc5O7)[c-]3)ccc2O4)c2ccccc12.[Pt+4].[Pt+4]. The van der Waals surface area contributed by atoms with E-state index in [0.29, 0.717) is 28.4 Å². The quantitative estimate of drug-likeness (QED) is 0.104. The molecule has 0 saturated carbocycles. The number of imidazole rings is 1. The molecule has 15 rings (SSSR count). The van der Waals surface area contributed by atoms with Gasteiger partial charge in [-0.25, -0.2) is 18.2 Å². The molecule has 0 atom stereocenters. The molecular formula is C57H28B2N3O5Pt2+. The number of nitrogens with zero attached hydrogens (tertiary/aromatic N) is 3. The summed E-state index contributed by atoms with van der Waals surface area (Å²) in [5.74, 6) is 6.30. The Labute approximate surface area is 426 Å². The molecule has 69 heavy (non-hydrogen) atoms. The average molecular weight is 1250 g/mol. The van der Waals surface area contributed by atoms with Crippen LogP contribution in [0.5, 0.6) is 46.0 Å². The van der Waals surface area contributed by atoms with Gasteiger partial charge in [-0.15, -0.1) is 81.6 Å². The fourth-order valence-electron chi connectivity index (χ4n) is 10.4. The van der Waals surface area contributed by atoms with E-state index in [-0.39, 0.29) is 55.6 Å². The molecule has 0 aliphatic carbocycles. The van der Waals surface area contributed by atoms with Crippen LogP contribution in [0.25, 0.3) is 55.8 Å². The van der Waals surface area contributed by atoms with Gasteiger partial charge < -0.3 is 54.3 Å². The van der Waals surface area contributed by atoms with Gasteiger partial charge in [0.05, 0.1) is 18.1 Å². The zero-order valence-electron chi connectivity index (χ0n) is 36.4. The first-order chi connectivity index (χ1) is 33.0. The Balaban J connectivity index is 0.00000234. The number of para-hydroxylation sites is 3. The summed E-state index contributed by atoms with van der Waals surface area (Å²) in [4.78, 5) is 0. The largest absolute Gasteiger partial charge is 4.00 e. The van der Waals surface area contributed by atoms with E-state index < -0.39 is 0 Å². The number of aromatic nitrogens is 3. The summed E-state index contributed by atoms with van der Waals surface area (Å²) in [6.07, 6.45) is 10.1. The molecule has 11 aromatic rings. The maximum absolute atomic E-state index is 6.56. The molecule has 0 bridgehead atoms. The van der Waals surface area contributed by atoms with Crippen molar-refractivity contribution in [1.29, 1.82) is 0 Å². The van der Waals surface area contributed by atoms with Crippen molar-refractivity contribution in [2.45, 2.75) is 6.92 Å². The number of hydrogen-bond acceptors (Lipinski definition) is 5. The third kappa shape index (κ3) is 6.21. The van der Waals surface area contributed by atoms with Gasteiger partial charge in [0, 0.05) is 33.9 Å². The standard InChI is InChI=1S/C57H28B2N3O5.2Pt/c1-33-30-61(44-10-4-3-9-39(33)44)37-19-23-49-42(28-37)58-40-25-34(17-21-47(40)64-51-13-7-15-53(66-49)56(51)58)36-27-55(63-31-36)35-18-22-48-41(26-35)59-43-29-38(62-32-60(2)45-11-5-6-12-46(45)62)20-24-50(43)67-54-16-8-14-52(65-48)57(54)59;;/h3-24H,1-2H3;;/q-7;2*+4. The fraction of sp³-hybridized carbons (Fsp3) is 0.0351. The van der Waals surface area contributed by atoms with Gasteiger partial charge in [0.15, 0.2) is 0 Å². The smallest absolute Gasteiger partial charge is 0.631 e. The summed E-state index contributed by atoms with van der Waals surface area (Å²) in [6.45, 7) is 1.53. The minimum atomic E-state index is -0.285. The summed E-state index contributed by atoms with van der Waals surface area (Å²) in [5, 5.41) is 1.15. The van der Waals surface area contributed by atoms with E-state index in [0.717, 1.165) is 112 Å². The Morgan fingerprint density at radius 3 is 1.61 bits per heavy atom. The maximum Gasteiger partial charge on any atom is 4.00 e. The van der Waals surface area contributed by atoms with Crippen molar-refractivity contribution < 1.29 is 70.1 Å². The van der Waals surface area contributed by atoms with E-state index in [4.69, 9.17) is 23.4 Å². The molecule has 0 spiro atoms. The molecule has 4 aliphatic heterocycles. The fourth-order valence-corrected chi connectivity index (χ4v) is 10.4. The van der Waals surface area contributed by atoms with Crippen molar-refractivity contribution >= 4 is 68.1 Å². The van der Waals surface area contributed by atoms with Gasteiger partial charge in [0.25, 0.3) is 0 Å². The van der Waals surface area contributed by atoms with Crippen LogP contribution in [-0.4, -0.2) is 22.6 Å². The zero-order chi connectivity index (χ0) is 44.1. The molecule has 0 fully saturated rings. The second kappa shape index (κ2) is 15.6. The third-order valence-corrected chi connectivity index (χ3v) is 13.4. The van der Waals surface area contributed by atoms with Crippen molar-refractivity contribution in [3.05, 3.63) is 188 Å². The second-order valence-electron chi connectivity index (χ2n) is 17.3. The van der Waals surface area contributed by atoms with Crippen molar-refractivity contribution in [3.63, 3.8) is 0 Å². The molecule has 0 radical (unpaired) electrons. The molecule has 8 nitrogen and oxygen atoms in total. The zero-order valence-corrected chi connectivity index (χ0v) is 40.9. The van der Waals surface area contributed by atoms with E-state index in [2.05, 4.69) is 90.9 Å². The van der Waals surface area contributed by atoms with Crippen molar-refractivity contribution in [2.75, 3.05) is 0 Å². The van der Waals surface area contributed by atoms with Crippen LogP contribution in [0.1, 0.15) is 5.56 Å². The maximum atomic E-state index is 6.56. The van der Waals surface area contributed by atoms with E-state index in [1.54, 1.807) is 0 Å². The Hall–Kier alpha value is -7.24. The van der Waals surface area contributed by atoms with Gasteiger partial charge >= 0.3 is 42.1 Å². The van der Waals surface area contributed by atoms with E-state index in [9.17, 15) is 0 Å². The predicted molar refractivity (Wildman–Crippen MR) is 255 cm³/mol. The molecule has 7 heterocycles. The number of fused-ring (bicyclic) bond motifs is 10. The minimum absolute atomic E-state index is 0. The number of ether oxygens (including phenoxy) is 4.